The van der Waals surface area contributed by atoms with Crippen molar-refractivity contribution in [2.24, 2.45) is 0 Å². The Kier molecular flexibility index (Phi) is 4.00. The van der Waals surface area contributed by atoms with Crippen molar-refractivity contribution >= 4 is 50.7 Å². The molecule has 0 atom stereocenters. The molecular formula is C12H9BrCl2N2O. The summed E-state index contributed by atoms with van der Waals surface area (Å²) in [5.74, 6) is -0.290. The van der Waals surface area contributed by atoms with Crippen LogP contribution in [-0.4, -0.2) is 10.9 Å². The lowest BCUT2D eigenvalue weighted by atomic mass is 10.2. The highest BCUT2D eigenvalue weighted by molar-refractivity contribution is 9.10. The molecule has 94 valence electrons. The Balaban J connectivity index is 2.21. The number of hydrogen-bond donors (Lipinski definition) is 2. The van der Waals surface area contributed by atoms with Crippen molar-refractivity contribution < 1.29 is 4.79 Å². The maximum absolute atomic E-state index is 11.9. The lowest BCUT2D eigenvalue weighted by Gasteiger charge is -2.05. The van der Waals surface area contributed by atoms with E-state index in [2.05, 4.69) is 26.2 Å². The molecule has 2 N–H and O–H groups in total. The number of H-pyrrole nitrogens is 1. The molecule has 1 aromatic heterocycles. The van der Waals surface area contributed by atoms with Gasteiger partial charge in [0.25, 0.3) is 5.91 Å². The third-order valence-electron chi connectivity index (χ3n) is 2.27. The molecule has 0 radical (unpaired) electrons. The maximum atomic E-state index is 11.9. The van der Waals surface area contributed by atoms with Crippen LogP contribution >= 0.6 is 39.1 Å². The summed E-state index contributed by atoms with van der Waals surface area (Å²) in [7, 11) is 0. The summed E-state index contributed by atoms with van der Waals surface area (Å²) < 4.78 is 0.903. The van der Waals surface area contributed by atoms with Crippen molar-refractivity contribution in [3.8, 4) is 0 Å². The van der Waals surface area contributed by atoms with Gasteiger partial charge in [-0.15, -0.1) is 0 Å². The summed E-state index contributed by atoms with van der Waals surface area (Å²) in [5, 5.41) is 3.35. The molecule has 0 saturated heterocycles. The fraction of sp³-hybridized carbons (Fsp3) is 0.0833. The molecule has 0 fully saturated rings. The van der Waals surface area contributed by atoms with Gasteiger partial charge in [0.1, 0.15) is 10.8 Å². The first-order chi connectivity index (χ1) is 8.45. The molecule has 1 heterocycles. The highest BCUT2D eigenvalue weighted by atomic mass is 79.9. The smallest absolute Gasteiger partial charge is 0.272 e. The van der Waals surface area contributed by atoms with E-state index in [1.165, 1.54) is 6.07 Å². The molecule has 18 heavy (non-hydrogen) atoms. The number of hydrogen-bond acceptors (Lipinski definition) is 1. The summed E-state index contributed by atoms with van der Waals surface area (Å²) in [6.07, 6.45) is 0. The average molecular weight is 348 g/mol. The van der Waals surface area contributed by atoms with E-state index < -0.39 is 0 Å². The second-order valence-electron chi connectivity index (χ2n) is 3.82. The molecule has 0 unspecified atom stereocenters. The Morgan fingerprint density at radius 3 is 2.56 bits per heavy atom. The van der Waals surface area contributed by atoms with Crippen molar-refractivity contribution in [2.45, 2.75) is 6.92 Å². The third kappa shape index (κ3) is 3.07. The van der Waals surface area contributed by atoms with Crippen molar-refractivity contribution in [1.82, 2.24) is 4.98 Å². The molecule has 2 aromatic rings. The van der Waals surface area contributed by atoms with Gasteiger partial charge < -0.3 is 10.3 Å². The van der Waals surface area contributed by atoms with Crippen LogP contribution in [0.15, 0.2) is 28.7 Å². The minimum atomic E-state index is -0.290. The van der Waals surface area contributed by atoms with Gasteiger partial charge in [-0.1, -0.05) is 39.1 Å². The predicted octanol–water partition coefficient (Wildman–Crippen LogP) is 4.64. The van der Waals surface area contributed by atoms with Gasteiger partial charge >= 0.3 is 0 Å². The monoisotopic (exact) mass is 346 g/mol. The van der Waals surface area contributed by atoms with Crippen LogP contribution in [0, 0.1) is 6.92 Å². The zero-order chi connectivity index (χ0) is 13.3. The van der Waals surface area contributed by atoms with Crippen LogP contribution in [0.4, 0.5) is 5.69 Å². The molecule has 6 heteroatoms. The standard InChI is InChI=1S/C12H9BrCl2N2O/c1-6-2-7(13)4-8(3-6)16-12(18)10-5-9(14)11(15)17-10/h2-5,17H,1H3,(H,16,18). The van der Waals surface area contributed by atoms with E-state index in [0.717, 1.165) is 10.0 Å². The molecule has 0 aliphatic rings. The van der Waals surface area contributed by atoms with Gasteiger partial charge in [0.2, 0.25) is 0 Å². The van der Waals surface area contributed by atoms with Crippen LogP contribution in [0.25, 0.3) is 0 Å². The highest BCUT2D eigenvalue weighted by Gasteiger charge is 2.12. The van der Waals surface area contributed by atoms with Gasteiger partial charge in [-0.2, -0.15) is 0 Å². The molecule has 1 aromatic carbocycles. The van der Waals surface area contributed by atoms with Crippen molar-refractivity contribution in [3.05, 3.63) is 50.2 Å². The van der Waals surface area contributed by atoms with Crippen LogP contribution in [0.1, 0.15) is 16.1 Å². The number of halogens is 3. The van der Waals surface area contributed by atoms with Gasteiger partial charge in [0.05, 0.1) is 5.02 Å². The molecule has 3 nitrogen and oxygen atoms in total. The first-order valence-corrected chi connectivity index (χ1v) is 6.63. The molecule has 0 spiro atoms. The molecule has 0 saturated carbocycles. The van der Waals surface area contributed by atoms with Gasteiger partial charge in [0.15, 0.2) is 0 Å². The Morgan fingerprint density at radius 2 is 2.00 bits per heavy atom. The second kappa shape index (κ2) is 5.34. The zero-order valence-corrected chi connectivity index (χ0v) is 12.4. The van der Waals surface area contributed by atoms with Crippen molar-refractivity contribution in [1.29, 1.82) is 0 Å². The Morgan fingerprint density at radius 1 is 1.28 bits per heavy atom. The molecule has 0 bridgehead atoms. The first-order valence-electron chi connectivity index (χ1n) is 5.08. The molecule has 2 rings (SSSR count). The summed E-state index contributed by atoms with van der Waals surface area (Å²) in [6, 6.07) is 7.13. The largest absolute Gasteiger partial charge is 0.340 e. The van der Waals surface area contributed by atoms with E-state index in [0.29, 0.717) is 16.4 Å². The summed E-state index contributed by atoms with van der Waals surface area (Å²) in [6.45, 7) is 1.95. The fourth-order valence-electron chi connectivity index (χ4n) is 1.53. The van der Waals surface area contributed by atoms with E-state index in [9.17, 15) is 4.79 Å². The minimum Gasteiger partial charge on any atom is -0.340 e. The van der Waals surface area contributed by atoms with Crippen LogP contribution in [0.3, 0.4) is 0 Å². The molecule has 1 amide bonds. The van der Waals surface area contributed by atoms with E-state index in [4.69, 9.17) is 23.2 Å². The second-order valence-corrected chi connectivity index (χ2v) is 5.52. The third-order valence-corrected chi connectivity index (χ3v) is 3.42. The number of nitrogens with one attached hydrogen (secondary N) is 2. The Bertz CT molecular complexity index is 570. The lowest BCUT2D eigenvalue weighted by Crippen LogP contribution is -2.12. The zero-order valence-electron chi connectivity index (χ0n) is 9.35. The Labute approximate surface area is 123 Å². The van der Waals surface area contributed by atoms with E-state index >= 15 is 0 Å². The number of aromatic amines is 1. The Hall–Kier alpha value is -0.970. The van der Waals surface area contributed by atoms with Crippen LogP contribution in [0.5, 0.6) is 0 Å². The predicted molar refractivity (Wildman–Crippen MR) is 77.6 cm³/mol. The number of rotatable bonds is 2. The van der Waals surface area contributed by atoms with E-state index in [-0.39, 0.29) is 11.1 Å². The summed E-state index contributed by atoms with van der Waals surface area (Å²) in [5.41, 5.74) is 2.07. The summed E-state index contributed by atoms with van der Waals surface area (Å²) >= 11 is 14.9. The summed E-state index contributed by atoms with van der Waals surface area (Å²) in [4.78, 5) is 14.6. The van der Waals surface area contributed by atoms with Gasteiger partial charge in [0, 0.05) is 10.2 Å². The lowest BCUT2D eigenvalue weighted by molar-refractivity contribution is 0.102. The van der Waals surface area contributed by atoms with Crippen LogP contribution in [-0.2, 0) is 0 Å². The maximum Gasteiger partial charge on any atom is 0.272 e. The van der Waals surface area contributed by atoms with Gasteiger partial charge in [-0.3, -0.25) is 4.79 Å². The van der Waals surface area contributed by atoms with Crippen molar-refractivity contribution in [3.63, 3.8) is 0 Å². The average Bonchev–Trinajstić information content (AvgIpc) is 2.57. The highest BCUT2D eigenvalue weighted by Crippen LogP contribution is 2.23. The van der Waals surface area contributed by atoms with Crippen molar-refractivity contribution in [2.75, 3.05) is 5.32 Å². The number of carbonyl (C=O) groups is 1. The van der Waals surface area contributed by atoms with E-state index in [1.807, 2.05) is 25.1 Å². The quantitative estimate of drug-likeness (QED) is 0.816. The normalized spacial score (nSPS) is 10.4. The number of carbonyl (C=O) groups excluding carboxylic acids is 1. The molecule has 0 aliphatic heterocycles. The molecule has 0 aliphatic carbocycles. The number of aryl methyl sites for hydroxylation is 1. The topological polar surface area (TPSA) is 44.9 Å². The van der Waals surface area contributed by atoms with Gasteiger partial charge in [-0.05, 0) is 36.8 Å². The van der Waals surface area contributed by atoms with Crippen LogP contribution in [0.2, 0.25) is 10.2 Å². The van der Waals surface area contributed by atoms with Gasteiger partial charge in [-0.25, -0.2) is 0 Å². The number of benzene rings is 1. The first kappa shape index (κ1) is 13.5. The number of anilines is 1. The fourth-order valence-corrected chi connectivity index (χ4v) is 2.45. The number of aromatic nitrogens is 1. The molecular weight excluding hydrogens is 339 g/mol. The SMILES string of the molecule is Cc1cc(Br)cc(NC(=O)c2cc(Cl)c(Cl)[nH]2)c1. The van der Waals surface area contributed by atoms with Crippen LogP contribution < -0.4 is 5.32 Å². The minimum absolute atomic E-state index is 0.257. The van der Waals surface area contributed by atoms with E-state index in [1.54, 1.807) is 0 Å². The number of amides is 1.